The minimum atomic E-state index is 0.207. The fourth-order valence-corrected chi connectivity index (χ4v) is 2.62. The van der Waals surface area contributed by atoms with E-state index in [1.165, 1.54) is 12.8 Å². The van der Waals surface area contributed by atoms with Crippen LogP contribution in [0.2, 0.25) is 0 Å². The Kier molecular flexibility index (Phi) is 4.05. The number of nitrogens with two attached hydrogens (primary N) is 1. The van der Waals surface area contributed by atoms with Gasteiger partial charge in [-0.15, -0.1) is 0 Å². The molecule has 0 saturated heterocycles. The van der Waals surface area contributed by atoms with Gasteiger partial charge in [-0.3, -0.25) is 0 Å². The van der Waals surface area contributed by atoms with Crippen molar-refractivity contribution >= 4 is 0 Å². The van der Waals surface area contributed by atoms with Gasteiger partial charge >= 0.3 is 0 Å². The van der Waals surface area contributed by atoms with Gasteiger partial charge in [0.05, 0.1) is 0 Å². The van der Waals surface area contributed by atoms with Gasteiger partial charge in [0.2, 0.25) is 5.89 Å². The second-order valence-electron chi connectivity index (χ2n) is 6.74. The molecule has 1 heterocycles. The van der Waals surface area contributed by atoms with Crippen molar-refractivity contribution in [2.75, 3.05) is 6.54 Å². The number of hydrogen-bond acceptors (Lipinski definition) is 4. The van der Waals surface area contributed by atoms with Crippen molar-refractivity contribution in [2.45, 2.75) is 58.8 Å². The molecule has 0 spiro atoms. The normalized spacial score (nSPS) is 25.3. The van der Waals surface area contributed by atoms with Crippen molar-refractivity contribution < 1.29 is 4.52 Å². The zero-order valence-electron chi connectivity index (χ0n) is 11.8. The molecule has 2 rings (SSSR count). The summed E-state index contributed by atoms with van der Waals surface area (Å²) in [6, 6.07) is 0. The summed E-state index contributed by atoms with van der Waals surface area (Å²) in [7, 11) is 0. The van der Waals surface area contributed by atoms with E-state index in [1.807, 2.05) is 0 Å². The van der Waals surface area contributed by atoms with Crippen LogP contribution in [0.15, 0.2) is 4.52 Å². The van der Waals surface area contributed by atoms with E-state index in [2.05, 4.69) is 30.9 Å². The predicted octanol–water partition coefficient (Wildman–Crippen LogP) is 2.89. The van der Waals surface area contributed by atoms with E-state index in [-0.39, 0.29) is 5.41 Å². The summed E-state index contributed by atoms with van der Waals surface area (Å²) >= 11 is 0. The molecule has 1 fully saturated rings. The van der Waals surface area contributed by atoms with E-state index in [0.717, 1.165) is 37.5 Å². The van der Waals surface area contributed by atoms with Crippen LogP contribution in [0.1, 0.15) is 64.1 Å². The summed E-state index contributed by atoms with van der Waals surface area (Å²) in [4.78, 5) is 4.56. The van der Waals surface area contributed by atoms with E-state index >= 15 is 0 Å². The molecule has 0 amide bonds. The standard InChI is InChI=1S/C14H25N3O/c1-14(2,3)8-12-16-13(18-17-12)11-6-4-10(9-15)5-7-11/h10-11H,4-9,15H2,1-3H3. The van der Waals surface area contributed by atoms with Gasteiger partial charge in [0, 0.05) is 12.3 Å². The van der Waals surface area contributed by atoms with Gasteiger partial charge in [0.1, 0.15) is 0 Å². The second kappa shape index (κ2) is 5.39. The summed E-state index contributed by atoms with van der Waals surface area (Å²) in [5.41, 5.74) is 5.92. The summed E-state index contributed by atoms with van der Waals surface area (Å²) in [5, 5.41) is 4.11. The Morgan fingerprint density at radius 1 is 1.22 bits per heavy atom. The molecule has 18 heavy (non-hydrogen) atoms. The van der Waals surface area contributed by atoms with Crippen molar-refractivity contribution in [1.29, 1.82) is 0 Å². The third kappa shape index (κ3) is 3.55. The maximum atomic E-state index is 5.71. The van der Waals surface area contributed by atoms with E-state index in [4.69, 9.17) is 10.3 Å². The van der Waals surface area contributed by atoms with Crippen LogP contribution in [-0.4, -0.2) is 16.7 Å². The predicted molar refractivity (Wildman–Crippen MR) is 71.2 cm³/mol. The number of aromatic nitrogens is 2. The molecule has 0 aliphatic heterocycles. The lowest BCUT2D eigenvalue weighted by Crippen LogP contribution is -2.20. The number of nitrogens with zero attached hydrogens (tertiary/aromatic N) is 2. The van der Waals surface area contributed by atoms with Gasteiger partial charge in [0.15, 0.2) is 5.82 Å². The Balaban J connectivity index is 1.94. The molecule has 1 aromatic rings. The molecule has 0 radical (unpaired) electrons. The maximum Gasteiger partial charge on any atom is 0.229 e. The summed E-state index contributed by atoms with van der Waals surface area (Å²) in [6.07, 6.45) is 5.53. The molecular weight excluding hydrogens is 226 g/mol. The van der Waals surface area contributed by atoms with E-state index < -0.39 is 0 Å². The van der Waals surface area contributed by atoms with E-state index in [9.17, 15) is 0 Å². The average Bonchev–Trinajstić information content (AvgIpc) is 2.75. The van der Waals surface area contributed by atoms with Crippen LogP contribution < -0.4 is 5.73 Å². The van der Waals surface area contributed by atoms with Crippen LogP contribution in [0, 0.1) is 11.3 Å². The van der Waals surface area contributed by atoms with Crippen LogP contribution in [0.3, 0.4) is 0 Å². The molecular formula is C14H25N3O. The van der Waals surface area contributed by atoms with Gasteiger partial charge in [-0.1, -0.05) is 25.9 Å². The van der Waals surface area contributed by atoms with Crippen molar-refractivity contribution in [2.24, 2.45) is 17.1 Å². The first-order valence-corrected chi connectivity index (χ1v) is 7.00. The zero-order chi connectivity index (χ0) is 13.2. The molecule has 2 N–H and O–H groups in total. The average molecular weight is 251 g/mol. The van der Waals surface area contributed by atoms with E-state index in [0.29, 0.717) is 11.8 Å². The first-order chi connectivity index (χ1) is 8.48. The van der Waals surface area contributed by atoms with Gasteiger partial charge in [0.25, 0.3) is 0 Å². The van der Waals surface area contributed by atoms with Crippen LogP contribution in [0.25, 0.3) is 0 Å². The monoisotopic (exact) mass is 251 g/mol. The molecule has 4 heteroatoms. The highest BCUT2D eigenvalue weighted by molar-refractivity contribution is 4.97. The Bertz CT molecular complexity index is 373. The quantitative estimate of drug-likeness (QED) is 0.897. The first-order valence-electron chi connectivity index (χ1n) is 7.00. The second-order valence-corrected chi connectivity index (χ2v) is 6.74. The lowest BCUT2D eigenvalue weighted by atomic mass is 9.82. The van der Waals surface area contributed by atoms with Gasteiger partial charge < -0.3 is 10.3 Å². The minimum Gasteiger partial charge on any atom is -0.339 e. The smallest absolute Gasteiger partial charge is 0.229 e. The highest BCUT2D eigenvalue weighted by Crippen LogP contribution is 2.34. The lowest BCUT2D eigenvalue weighted by Gasteiger charge is -2.24. The van der Waals surface area contributed by atoms with Crippen LogP contribution in [0.5, 0.6) is 0 Å². The fraction of sp³-hybridized carbons (Fsp3) is 0.857. The third-order valence-electron chi connectivity index (χ3n) is 3.70. The van der Waals surface area contributed by atoms with Crippen molar-refractivity contribution in [3.63, 3.8) is 0 Å². The topological polar surface area (TPSA) is 64.9 Å². The Morgan fingerprint density at radius 3 is 2.44 bits per heavy atom. The summed E-state index contributed by atoms with van der Waals surface area (Å²) < 4.78 is 5.43. The summed E-state index contributed by atoms with van der Waals surface area (Å²) in [6.45, 7) is 7.38. The van der Waals surface area contributed by atoms with Crippen molar-refractivity contribution in [1.82, 2.24) is 10.1 Å². The SMILES string of the molecule is CC(C)(C)Cc1noc(C2CCC(CN)CC2)n1. The van der Waals surface area contributed by atoms with Crippen LogP contribution in [-0.2, 0) is 6.42 Å². The minimum absolute atomic E-state index is 0.207. The molecule has 0 bridgehead atoms. The highest BCUT2D eigenvalue weighted by Gasteiger charge is 2.26. The number of hydrogen-bond donors (Lipinski definition) is 1. The molecule has 0 unspecified atom stereocenters. The molecule has 0 atom stereocenters. The van der Waals surface area contributed by atoms with Crippen molar-refractivity contribution in [3.8, 4) is 0 Å². The zero-order valence-corrected chi connectivity index (χ0v) is 11.8. The Labute approximate surface area is 109 Å². The molecule has 1 aliphatic rings. The Hall–Kier alpha value is -0.900. The molecule has 102 valence electrons. The largest absolute Gasteiger partial charge is 0.339 e. The van der Waals surface area contributed by atoms with Gasteiger partial charge in [-0.05, 0) is 43.6 Å². The first kappa shape index (κ1) is 13.5. The van der Waals surface area contributed by atoms with Gasteiger partial charge in [-0.25, -0.2) is 0 Å². The van der Waals surface area contributed by atoms with Gasteiger partial charge in [-0.2, -0.15) is 4.98 Å². The van der Waals surface area contributed by atoms with E-state index in [1.54, 1.807) is 0 Å². The molecule has 0 aromatic carbocycles. The third-order valence-corrected chi connectivity index (χ3v) is 3.70. The fourth-order valence-electron chi connectivity index (χ4n) is 2.62. The molecule has 1 aromatic heterocycles. The Morgan fingerprint density at radius 2 is 1.89 bits per heavy atom. The molecule has 4 nitrogen and oxygen atoms in total. The van der Waals surface area contributed by atoms with Crippen molar-refractivity contribution in [3.05, 3.63) is 11.7 Å². The maximum absolute atomic E-state index is 5.71. The lowest BCUT2D eigenvalue weighted by molar-refractivity contribution is 0.273. The number of rotatable bonds is 3. The molecule has 1 aliphatic carbocycles. The summed E-state index contributed by atoms with van der Waals surface area (Å²) in [5.74, 6) is 2.83. The highest BCUT2D eigenvalue weighted by atomic mass is 16.5. The van der Waals surface area contributed by atoms with Crippen LogP contribution in [0.4, 0.5) is 0 Å². The van der Waals surface area contributed by atoms with Crippen LogP contribution >= 0.6 is 0 Å². The molecule has 1 saturated carbocycles.